The highest BCUT2D eigenvalue weighted by atomic mass is 16.5. The van der Waals surface area contributed by atoms with Crippen LogP contribution < -0.4 is 20.3 Å². The lowest BCUT2D eigenvalue weighted by molar-refractivity contribution is -0.125. The average molecular weight is 337 g/mol. The van der Waals surface area contributed by atoms with Crippen LogP contribution in [0.1, 0.15) is 6.92 Å². The molecular weight excluding hydrogens is 318 g/mol. The first kappa shape index (κ1) is 16.6. The molecule has 128 valence electrons. The second-order valence-electron chi connectivity index (χ2n) is 5.63. The number of fused-ring (bicyclic) bond motifs is 1. The van der Waals surface area contributed by atoms with Crippen LogP contribution in [0.4, 0.5) is 21.9 Å². The molecule has 1 atom stereocenters. The van der Waals surface area contributed by atoms with Crippen LogP contribution in [0.25, 0.3) is 0 Å². The van der Waals surface area contributed by atoms with Crippen molar-refractivity contribution in [3.8, 4) is 5.75 Å². The number of carbonyl (C=O) groups is 2. The minimum Gasteiger partial charge on any atom is -0.479 e. The minimum atomic E-state index is -0.583. The molecule has 2 aromatic carbocycles. The molecule has 6 nitrogen and oxygen atoms in total. The molecule has 0 fully saturated rings. The topological polar surface area (TPSA) is 70.7 Å². The molecule has 6 heteroatoms. The summed E-state index contributed by atoms with van der Waals surface area (Å²) in [6.45, 7) is 5.79. The lowest BCUT2D eigenvalue weighted by atomic mass is 10.1. The van der Waals surface area contributed by atoms with Crippen LogP contribution in [0.3, 0.4) is 0 Å². The van der Waals surface area contributed by atoms with Crippen molar-refractivity contribution in [2.45, 2.75) is 13.0 Å². The Kier molecular flexibility index (Phi) is 4.70. The highest BCUT2D eigenvalue weighted by Gasteiger charge is 2.30. The third-order valence-corrected chi connectivity index (χ3v) is 3.77. The number of ether oxygens (including phenoxy) is 1. The van der Waals surface area contributed by atoms with Gasteiger partial charge in [-0.2, -0.15) is 0 Å². The van der Waals surface area contributed by atoms with E-state index < -0.39 is 6.10 Å². The number of hydrogen-bond donors (Lipinski definition) is 2. The Balaban J connectivity index is 1.77. The number of amides is 3. The van der Waals surface area contributed by atoms with Gasteiger partial charge in [0.25, 0.3) is 5.91 Å². The minimum absolute atomic E-state index is 0.116. The summed E-state index contributed by atoms with van der Waals surface area (Å²) in [6.07, 6.45) is 1.08. The van der Waals surface area contributed by atoms with Gasteiger partial charge in [0, 0.05) is 24.0 Å². The highest BCUT2D eigenvalue weighted by Crippen LogP contribution is 2.36. The summed E-state index contributed by atoms with van der Waals surface area (Å²) < 4.78 is 5.66. The molecule has 0 saturated heterocycles. The van der Waals surface area contributed by atoms with Crippen LogP contribution in [0.5, 0.6) is 5.75 Å². The fraction of sp³-hybridized carbons (Fsp3) is 0.158. The molecule has 1 aliphatic heterocycles. The van der Waals surface area contributed by atoms with E-state index in [4.69, 9.17) is 4.74 Å². The number of nitrogens with zero attached hydrogens (tertiary/aromatic N) is 1. The standard InChI is InChI=1S/C19H19N3O3/c1-3-11-22-16-10-9-15(12-17(16)25-13(2)18(22)23)21-19(24)20-14-7-5-4-6-8-14/h3-10,12-13H,1,11H2,2H3,(H2,20,21,24). The van der Waals surface area contributed by atoms with Crippen molar-refractivity contribution in [1.82, 2.24) is 0 Å². The molecule has 0 aromatic heterocycles. The fourth-order valence-corrected chi connectivity index (χ4v) is 2.62. The monoisotopic (exact) mass is 337 g/mol. The molecule has 0 radical (unpaired) electrons. The molecule has 0 bridgehead atoms. The van der Waals surface area contributed by atoms with Gasteiger partial charge in [-0.15, -0.1) is 6.58 Å². The molecule has 3 rings (SSSR count). The van der Waals surface area contributed by atoms with Crippen LogP contribution in [-0.4, -0.2) is 24.6 Å². The normalized spacial score (nSPS) is 15.8. The van der Waals surface area contributed by atoms with Crippen molar-refractivity contribution in [1.29, 1.82) is 0 Å². The van der Waals surface area contributed by atoms with E-state index in [9.17, 15) is 9.59 Å². The zero-order chi connectivity index (χ0) is 17.8. The summed E-state index contributed by atoms with van der Waals surface area (Å²) in [4.78, 5) is 25.9. The van der Waals surface area contributed by atoms with Crippen molar-refractivity contribution in [3.63, 3.8) is 0 Å². The second kappa shape index (κ2) is 7.09. The Morgan fingerprint density at radius 3 is 2.64 bits per heavy atom. The molecule has 2 N–H and O–H groups in total. The fourth-order valence-electron chi connectivity index (χ4n) is 2.62. The average Bonchev–Trinajstić information content (AvgIpc) is 2.59. The number of carbonyl (C=O) groups excluding carboxylic acids is 2. The predicted octanol–water partition coefficient (Wildman–Crippen LogP) is 3.63. The van der Waals surface area contributed by atoms with E-state index in [1.54, 1.807) is 48.2 Å². The first-order valence-corrected chi connectivity index (χ1v) is 7.94. The van der Waals surface area contributed by atoms with Crippen molar-refractivity contribution >= 4 is 29.0 Å². The van der Waals surface area contributed by atoms with Gasteiger partial charge < -0.3 is 20.3 Å². The number of para-hydroxylation sites is 1. The lowest BCUT2D eigenvalue weighted by Crippen LogP contribution is -2.44. The number of rotatable bonds is 4. The van der Waals surface area contributed by atoms with E-state index in [0.717, 1.165) is 0 Å². The van der Waals surface area contributed by atoms with E-state index >= 15 is 0 Å². The molecule has 0 aliphatic carbocycles. The van der Waals surface area contributed by atoms with Crippen molar-refractivity contribution in [2.75, 3.05) is 22.1 Å². The number of hydrogen-bond acceptors (Lipinski definition) is 3. The van der Waals surface area contributed by atoms with Crippen molar-refractivity contribution in [3.05, 3.63) is 61.2 Å². The Hall–Kier alpha value is -3.28. The third-order valence-electron chi connectivity index (χ3n) is 3.77. The predicted molar refractivity (Wildman–Crippen MR) is 98.2 cm³/mol. The van der Waals surface area contributed by atoms with E-state index in [1.807, 2.05) is 18.2 Å². The van der Waals surface area contributed by atoms with Crippen LogP contribution in [-0.2, 0) is 4.79 Å². The van der Waals surface area contributed by atoms with Gasteiger partial charge >= 0.3 is 6.03 Å². The largest absolute Gasteiger partial charge is 0.479 e. The Morgan fingerprint density at radius 1 is 1.20 bits per heavy atom. The molecule has 0 spiro atoms. The summed E-state index contributed by atoms with van der Waals surface area (Å²) in [5.41, 5.74) is 1.94. The highest BCUT2D eigenvalue weighted by molar-refractivity contribution is 6.02. The summed E-state index contributed by atoms with van der Waals surface area (Å²) in [6, 6.07) is 14.0. The second-order valence-corrected chi connectivity index (χ2v) is 5.63. The molecule has 25 heavy (non-hydrogen) atoms. The van der Waals surface area contributed by atoms with E-state index in [0.29, 0.717) is 29.4 Å². The molecule has 1 heterocycles. The van der Waals surface area contributed by atoms with Crippen molar-refractivity contribution < 1.29 is 14.3 Å². The van der Waals surface area contributed by atoms with Crippen LogP contribution >= 0.6 is 0 Å². The summed E-state index contributed by atoms with van der Waals surface area (Å²) in [5, 5.41) is 5.51. The molecule has 3 amide bonds. The maximum absolute atomic E-state index is 12.2. The number of urea groups is 1. The van der Waals surface area contributed by atoms with Gasteiger partial charge in [0.2, 0.25) is 0 Å². The lowest BCUT2D eigenvalue weighted by Gasteiger charge is -2.32. The number of benzene rings is 2. The van der Waals surface area contributed by atoms with Crippen LogP contribution in [0, 0.1) is 0 Å². The summed E-state index contributed by atoms with van der Waals surface area (Å²) >= 11 is 0. The molecule has 1 aliphatic rings. The quantitative estimate of drug-likeness (QED) is 0.837. The third kappa shape index (κ3) is 3.63. The van der Waals surface area contributed by atoms with E-state index in [-0.39, 0.29) is 11.9 Å². The Labute approximate surface area is 146 Å². The van der Waals surface area contributed by atoms with Crippen LogP contribution in [0.2, 0.25) is 0 Å². The maximum atomic E-state index is 12.2. The van der Waals surface area contributed by atoms with Gasteiger partial charge in [0.15, 0.2) is 6.10 Å². The number of anilines is 3. The first-order chi connectivity index (χ1) is 12.1. The van der Waals surface area contributed by atoms with Gasteiger partial charge in [-0.05, 0) is 31.2 Å². The number of nitrogens with one attached hydrogen (secondary N) is 2. The Morgan fingerprint density at radius 2 is 1.92 bits per heavy atom. The SMILES string of the molecule is C=CCN1C(=O)C(C)Oc2cc(NC(=O)Nc3ccccc3)ccc21. The Bertz CT molecular complexity index is 805. The zero-order valence-corrected chi connectivity index (χ0v) is 13.9. The first-order valence-electron chi connectivity index (χ1n) is 7.94. The molecule has 0 saturated carbocycles. The van der Waals surface area contributed by atoms with Crippen LogP contribution in [0.15, 0.2) is 61.2 Å². The summed E-state index contributed by atoms with van der Waals surface area (Å²) in [5.74, 6) is 0.432. The van der Waals surface area contributed by atoms with E-state index in [2.05, 4.69) is 17.2 Å². The zero-order valence-electron chi connectivity index (χ0n) is 13.9. The van der Waals surface area contributed by atoms with Gasteiger partial charge in [-0.1, -0.05) is 24.3 Å². The van der Waals surface area contributed by atoms with Crippen molar-refractivity contribution in [2.24, 2.45) is 0 Å². The summed E-state index contributed by atoms with van der Waals surface area (Å²) in [7, 11) is 0. The van der Waals surface area contributed by atoms with Gasteiger partial charge in [0.05, 0.1) is 5.69 Å². The molecule has 1 unspecified atom stereocenters. The molecular formula is C19H19N3O3. The van der Waals surface area contributed by atoms with Gasteiger partial charge in [0.1, 0.15) is 5.75 Å². The smallest absolute Gasteiger partial charge is 0.323 e. The maximum Gasteiger partial charge on any atom is 0.323 e. The van der Waals surface area contributed by atoms with E-state index in [1.165, 1.54) is 0 Å². The molecule has 2 aromatic rings. The van der Waals surface area contributed by atoms with Gasteiger partial charge in [-0.25, -0.2) is 4.79 Å². The van der Waals surface area contributed by atoms with Gasteiger partial charge in [-0.3, -0.25) is 4.79 Å².